The van der Waals surface area contributed by atoms with Gasteiger partial charge in [0.1, 0.15) is 31.3 Å². The largest absolute Gasteiger partial charge is 0.486 e. The number of nitrogens with zero attached hydrogens (tertiary/aromatic N) is 2. The number of nitriles is 1. The molecule has 7 heteroatoms. The fourth-order valence-electron chi connectivity index (χ4n) is 2.86. The first-order valence-corrected chi connectivity index (χ1v) is 9.12. The Morgan fingerprint density at radius 3 is 2.67 bits per heavy atom. The monoisotopic (exact) mass is 401 g/mol. The number of anilines is 1. The average molecular weight is 401 g/mol. The Balaban J connectivity index is 1.94. The maximum absolute atomic E-state index is 12.6. The summed E-state index contributed by atoms with van der Waals surface area (Å²) in [7, 11) is 0. The molecule has 2 aromatic rings. The van der Waals surface area contributed by atoms with Gasteiger partial charge in [0.15, 0.2) is 11.5 Å². The number of amides is 1. The molecule has 0 fully saturated rings. The molecular formula is C23H19N3O4. The van der Waals surface area contributed by atoms with Crippen LogP contribution in [0.25, 0.3) is 11.1 Å². The SMILES string of the molecule is C=N/C(=C\C=C(/C)C=O)C(=O)Nc1cccc(-c2ccc3c(c2)OCCO3)c1C#N. The van der Waals surface area contributed by atoms with Crippen molar-refractivity contribution in [3.05, 3.63) is 65.4 Å². The van der Waals surface area contributed by atoms with Crippen molar-refractivity contribution < 1.29 is 19.1 Å². The van der Waals surface area contributed by atoms with Crippen molar-refractivity contribution in [2.75, 3.05) is 18.5 Å². The molecule has 2 aromatic carbocycles. The van der Waals surface area contributed by atoms with Gasteiger partial charge in [-0.1, -0.05) is 24.3 Å². The van der Waals surface area contributed by atoms with Gasteiger partial charge in [-0.2, -0.15) is 5.26 Å². The summed E-state index contributed by atoms with van der Waals surface area (Å²) < 4.78 is 11.2. The number of carbonyl (C=O) groups excluding carboxylic acids is 2. The van der Waals surface area contributed by atoms with Crippen molar-refractivity contribution in [1.29, 1.82) is 5.26 Å². The number of hydrogen-bond acceptors (Lipinski definition) is 6. The van der Waals surface area contributed by atoms with Crippen molar-refractivity contribution in [2.45, 2.75) is 6.92 Å². The molecule has 1 aliphatic heterocycles. The van der Waals surface area contributed by atoms with Gasteiger partial charge in [0, 0.05) is 5.56 Å². The van der Waals surface area contributed by atoms with E-state index in [9.17, 15) is 14.9 Å². The minimum Gasteiger partial charge on any atom is -0.486 e. The van der Waals surface area contributed by atoms with Gasteiger partial charge in [0.2, 0.25) is 0 Å². The molecule has 0 saturated carbocycles. The standard InChI is InChI=1S/C23H19N3O4/c1-15(14-27)6-8-20(25-2)23(28)26-19-5-3-4-17(18(19)13-24)16-7-9-21-22(12-16)30-11-10-29-21/h3-9,12,14H,2,10-11H2,1H3,(H,26,28)/b15-6+,20-8-. The highest BCUT2D eigenvalue weighted by Crippen LogP contribution is 2.37. The number of allylic oxidation sites excluding steroid dienone is 3. The molecule has 0 radical (unpaired) electrons. The van der Waals surface area contributed by atoms with Crippen LogP contribution in [0.3, 0.4) is 0 Å². The topological polar surface area (TPSA) is 101 Å². The van der Waals surface area contributed by atoms with E-state index in [0.29, 0.717) is 53.4 Å². The average Bonchev–Trinajstić information content (AvgIpc) is 2.78. The Bertz CT molecular complexity index is 1110. The van der Waals surface area contributed by atoms with E-state index in [1.165, 1.54) is 12.2 Å². The van der Waals surface area contributed by atoms with Gasteiger partial charge < -0.3 is 14.8 Å². The van der Waals surface area contributed by atoms with Crippen LogP contribution in [0.2, 0.25) is 0 Å². The number of hydrogen-bond donors (Lipinski definition) is 1. The molecular weight excluding hydrogens is 382 g/mol. The van der Waals surface area contributed by atoms with Gasteiger partial charge in [-0.25, -0.2) is 0 Å². The second-order valence-corrected chi connectivity index (χ2v) is 6.39. The third-order valence-corrected chi connectivity index (χ3v) is 4.37. The van der Waals surface area contributed by atoms with Crippen LogP contribution >= 0.6 is 0 Å². The minimum absolute atomic E-state index is 0.0184. The van der Waals surface area contributed by atoms with Gasteiger partial charge in [-0.15, -0.1) is 0 Å². The zero-order valence-corrected chi connectivity index (χ0v) is 16.3. The number of rotatable bonds is 6. The summed E-state index contributed by atoms with van der Waals surface area (Å²) >= 11 is 0. The minimum atomic E-state index is -0.546. The van der Waals surface area contributed by atoms with Gasteiger partial charge in [0.25, 0.3) is 5.91 Å². The molecule has 150 valence electrons. The highest BCUT2D eigenvalue weighted by molar-refractivity contribution is 6.05. The molecule has 1 aliphatic rings. The van der Waals surface area contributed by atoms with Crippen LogP contribution in [0.4, 0.5) is 5.69 Å². The molecule has 0 aliphatic carbocycles. The lowest BCUT2D eigenvalue weighted by Gasteiger charge is -2.19. The first kappa shape index (κ1) is 20.6. The fraction of sp³-hybridized carbons (Fsp3) is 0.130. The summed E-state index contributed by atoms with van der Waals surface area (Å²) in [4.78, 5) is 27.0. The summed E-state index contributed by atoms with van der Waals surface area (Å²) in [6.45, 7) is 5.94. The molecule has 0 aromatic heterocycles. The van der Waals surface area contributed by atoms with E-state index in [0.717, 1.165) is 5.56 Å². The smallest absolute Gasteiger partial charge is 0.274 e. The molecule has 0 atom stereocenters. The molecule has 1 N–H and O–H groups in total. The molecule has 1 heterocycles. The van der Waals surface area contributed by atoms with Crippen LogP contribution < -0.4 is 14.8 Å². The molecule has 0 bridgehead atoms. The fourth-order valence-corrected chi connectivity index (χ4v) is 2.86. The molecule has 0 saturated heterocycles. The van der Waals surface area contributed by atoms with E-state index in [1.54, 1.807) is 37.3 Å². The number of fused-ring (bicyclic) bond motifs is 1. The summed E-state index contributed by atoms with van der Waals surface area (Å²) in [5, 5.41) is 12.4. The Labute approximate surface area is 174 Å². The van der Waals surface area contributed by atoms with Gasteiger partial charge >= 0.3 is 0 Å². The third-order valence-electron chi connectivity index (χ3n) is 4.37. The normalized spacial score (nSPS) is 13.2. The second-order valence-electron chi connectivity index (χ2n) is 6.39. The second kappa shape index (κ2) is 9.34. The predicted octanol–water partition coefficient (Wildman–Crippen LogP) is 3.66. The van der Waals surface area contributed by atoms with Crippen molar-refractivity contribution in [3.8, 4) is 28.7 Å². The van der Waals surface area contributed by atoms with E-state index in [1.807, 2.05) is 6.07 Å². The molecule has 30 heavy (non-hydrogen) atoms. The number of ether oxygens (including phenoxy) is 2. The van der Waals surface area contributed by atoms with Gasteiger partial charge in [-0.3, -0.25) is 14.6 Å². The van der Waals surface area contributed by atoms with Crippen LogP contribution in [0.15, 0.2) is 64.8 Å². The third kappa shape index (κ3) is 4.45. The van der Waals surface area contributed by atoms with Crippen LogP contribution in [0.5, 0.6) is 11.5 Å². The Morgan fingerprint density at radius 2 is 1.97 bits per heavy atom. The number of benzene rings is 2. The van der Waals surface area contributed by atoms with E-state index in [4.69, 9.17) is 9.47 Å². The first-order chi connectivity index (χ1) is 14.6. The Hall–Kier alpha value is -4.18. The molecule has 0 unspecified atom stereocenters. The van der Waals surface area contributed by atoms with Crippen LogP contribution in [0, 0.1) is 11.3 Å². The zero-order chi connectivity index (χ0) is 21.5. The molecule has 7 nitrogen and oxygen atoms in total. The lowest BCUT2D eigenvalue weighted by atomic mass is 9.98. The zero-order valence-electron chi connectivity index (χ0n) is 16.3. The molecule has 3 rings (SSSR count). The predicted molar refractivity (Wildman–Crippen MR) is 114 cm³/mol. The van der Waals surface area contributed by atoms with Gasteiger partial charge in [0.05, 0.1) is 11.3 Å². The van der Waals surface area contributed by atoms with Crippen LogP contribution in [-0.2, 0) is 9.59 Å². The van der Waals surface area contributed by atoms with Crippen LogP contribution in [0.1, 0.15) is 12.5 Å². The highest BCUT2D eigenvalue weighted by atomic mass is 16.6. The van der Waals surface area contributed by atoms with Crippen LogP contribution in [-0.4, -0.2) is 32.1 Å². The lowest BCUT2D eigenvalue weighted by molar-refractivity contribution is -0.113. The summed E-state index contributed by atoms with van der Waals surface area (Å²) in [6.07, 6.45) is 3.52. The number of aldehydes is 1. The van der Waals surface area contributed by atoms with Crippen molar-refractivity contribution in [1.82, 2.24) is 0 Å². The molecule has 1 amide bonds. The summed E-state index contributed by atoms with van der Waals surface area (Å²) in [6, 6.07) is 12.7. The first-order valence-electron chi connectivity index (χ1n) is 9.12. The number of aliphatic imine (C=N–C) groups is 1. The Kier molecular flexibility index (Phi) is 6.40. The van der Waals surface area contributed by atoms with E-state index in [2.05, 4.69) is 23.1 Å². The van der Waals surface area contributed by atoms with Crippen molar-refractivity contribution >= 4 is 24.6 Å². The van der Waals surface area contributed by atoms with E-state index < -0.39 is 5.91 Å². The summed E-state index contributed by atoms with van der Waals surface area (Å²) in [5.41, 5.74) is 2.48. The molecule has 0 spiro atoms. The van der Waals surface area contributed by atoms with Crippen molar-refractivity contribution in [3.63, 3.8) is 0 Å². The quantitative estimate of drug-likeness (QED) is 0.344. The van der Waals surface area contributed by atoms with Crippen molar-refractivity contribution in [2.24, 2.45) is 4.99 Å². The van der Waals surface area contributed by atoms with E-state index >= 15 is 0 Å². The number of carbonyl (C=O) groups is 2. The number of nitrogens with one attached hydrogen (secondary N) is 1. The van der Waals surface area contributed by atoms with Gasteiger partial charge in [-0.05, 0) is 49.1 Å². The highest BCUT2D eigenvalue weighted by Gasteiger charge is 2.17. The lowest BCUT2D eigenvalue weighted by Crippen LogP contribution is -2.15. The van der Waals surface area contributed by atoms with E-state index in [-0.39, 0.29) is 5.70 Å². The maximum Gasteiger partial charge on any atom is 0.274 e. The Morgan fingerprint density at radius 1 is 1.20 bits per heavy atom. The summed E-state index contributed by atoms with van der Waals surface area (Å²) in [5.74, 6) is 0.713. The maximum atomic E-state index is 12.6.